The molecule has 1 aromatic heterocycles. The van der Waals surface area contributed by atoms with Crippen LogP contribution < -0.4 is 4.74 Å². The van der Waals surface area contributed by atoms with E-state index in [1.807, 2.05) is 0 Å². The van der Waals surface area contributed by atoms with Gasteiger partial charge in [-0.3, -0.25) is 10.1 Å². The number of nitro groups is 1. The van der Waals surface area contributed by atoms with Crippen LogP contribution in [0.2, 0.25) is 5.02 Å². The SMILES string of the molecule is COC(=O)c1ccc([N+](=O)[O-])c(OCc2nc(-c3cccc(Cl)c3)no2)c1. The Morgan fingerprint density at radius 1 is 1.30 bits per heavy atom. The molecule has 27 heavy (non-hydrogen) atoms. The maximum atomic E-state index is 11.6. The number of nitro benzene ring substituents is 1. The highest BCUT2D eigenvalue weighted by Gasteiger charge is 2.20. The number of methoxy groups -OCH3 is 1. The monoisotopic (exact) mass is 389 g/mol. The van der Waals surface area contributed by atoms with Gasteiger partial charge < -0.3 is 14.0 Å². The summed E-state index contributed by atoms with van der Waals surface area (Å²) in [4.78, 5) is 26.3. The highest BCUT2D eigenvalue weighted by Crippen LogP contribution is 2.29. The van der Waals surface area contributed by atoms with E-state index in [0.29, 0.717) is 16.4 Å². The highest BCUT2D eigenvalue weighted by molar-refractivity contribution is 6.30. The van der Waals surface area contributed by atoms with Crippen LogP contribution in [0.5, 0.6) is 5.75 Å². The molecule has 0 radical (unpaired) electrons. The first-order valence-electron chi connectivity index (χ1n) is 7.56. The number of esters is 1. The van der Waals surface area contributed by atoms with Crippen molar-refractivity contribution in [3.63, 3.8) is 0 Å². The number of hydrogen-bond acceptors (Lipinski definition) is 8. The van der Waals surface area contributed by atoms with Crippen LogP contribution in [0.15, 0.2) is 47.0 Å². The van der Waals surface area contributed by atoms with Gasteiger partial charge in [0.25, 0.3) is 5.89 Å². The zero-order valence-electron chi connectivity index (χ0n) is 13.9. The van der Waals surface area contributed by atoms with Gasteiger partial charge in [0.2, 0.25) is 5.82 Å². The minimum Gasteiger partial charge on any atom is -0.477 e. The highest BCUT2D eigenvalue weighted by atomic mass is 35.5. The van der Waals surface area contributed by atoms with Crippen LogP contribution in [-0.4, -0.2) is 28.1 Å². The van der Waals surface area contributed by atoms with E-state index in [4.69, 9.17) is 20.9 Å². The number of nitrogens with zero attached hydrogens (tertiary/aromatic N) is 3. The number of benzene rings is 2. The molecule has 0 fully saturated rings. The van der Waals surface area contributed by atoms with E-state index in [1.54, 1.807) is 24.3 Å². The first-order valence-corrected chi connectivity index (χ1v) is 7.94. The first kappa shape index (κ1) is 18.3. The summed E-state index contributed by atoms with van der Waals surface area (Å²) < 4.78 is 15.1. The molecule has 0 aliphatic carbocycles. The fourth-order valence-electron chi connectivity index (χ4n) is 2.22. The molecule has 3 rings (SSSR count). The van der Waals surface area contributed by atoms with Gasteiger partial charge in [-0.15, -0.1) is 0 Å². The zero-order chi connectivity index (χ0) is 19.4. The number of hydrogen-bond donors (Lipinski definition) is 0. The molecule has 0 saturated carbocycles. The molecule has 2 aromatic carbocycles. The largest absolute Gasteiger partial charge is 0.477 e. The van der Waals surface area contributed by atoms with Crippen molar-refractivity contribution in [1.82, 2.24) is 10.1 Å². The van der Waals surface area contributed by atoms with Crippen molar-refractivity contribution >= 4 is 23.3 Å². The lowest BCUT2D eigenvalue weighted by atomic mass is 10.2. The first-order chi connectivity index (χ1) is 13.0. The Kier molecular flexibility index (Phi) is 5.32. The predicted molar refractivity (Wildman–Crippen MR) is 93.5 cm³/mol. The lowest BCUT2D eigenvalue weighted by molar-refractivity contribution is -0.386. The molecule has 0 atom stereocenters. The van der Waals surface area contributed by atoms with Crippen molar-refractivity contribution in [2.75, 3.05) is 7.11 Å². The number of aromatic nitrogens is 2. The minimum absolute atomic E-state index is 0.0998. The van der Waals surface area contributed by atoms with Gasteiger partial charge >= 0.3 is 11.7 Å². The third-order valence-electron chi connectivity index (χ3n) is 3.48. The quantitative estimate of drug-likeness (QED) is 0.356. The van der Waals surface area contributed by atoms with Gasteiger partial charge in [-0.05, 0) is 18.2 Å². The van der Waals surface area contributed by atoms with Crippen LogP contribution in [-0.2, 0) is 11.3 Å². The van der Waals surface area contributed by atoms with E-state index in [9.17, 15) is 14.9 Å². The predicted octanol–water partition coefficient (Wildman–Crippen LogP) is 3.66. The number of ether oxygens (including phenoxy) is 2. The van der Waals surface area contributed by atoms with Crippen LogP contribution in [0.25, 0.3) is 11.4 Å². The van der Waals surface area contributed by atoms with Crippen LogP contribution in [0.1, 0.15) is 16.2 Å². The molecule has 0 saturated heterocycles. The summed E-state index contributed by atoms with van der Waals surface area (Å²) in [6, 6.07) is 10.5. The van der Waals surface area contributed by atoms with Crippen LogP contribution in [0.4, 0.5) is 5.69 Å². The molecule has 1 heterocycles. The number of carbonyl (C=O) groups is 1. The summed E-state index contributed by atoms with van der Waals surface area (Å²) >= 11 is 5.93. The molecule has 9 nitrogen and oxygen atoms in total. The third kappa shape index (κ3) is 4.21. The van der Waals surface area contributed by atoms with Crippen molar-refractivity contribution in [2.45, 2.75) is 6.61 Å². The van der Waals surface area contributed by atoms with Gasteiger partial charge in [0.05, 0.1) is 17.6 Å². The Bertz CT molecular complexity index is 1000. The summed E-state index contributed by atoms with van der Waals surface area (Å²) in [5.41, 5.74) is 0.455. The maximum Gasteiger partial charge on any atom is 0.337 e. The zero-order valence-corrected chi connectivity index (χ0v) is 14.7. The lowest BCUT2D eigenvalue weighted by Crippen LogP contribution is -2.04. The van der Waals surface area contributed by atoms with Crippen molar-refractivity contribution in [3.8, 4) is 17.1 Å². The number of carbonyl (C=O) groups excluding carboxylic acids is 1. The van der Waals surface area contributed by atoms with E-state index < -0.39 is 10.9 Å². The molecule has 0 unspecified atom stereocenters. The third-order valence-corrected chi connectivity index (χ3v) is 3.71. The van der Waals surface area contributed by atoms with E-state index in [-0.39, 0.29) is 29.5 Å². The number of halogens is 1. The molecule has 0 bridgehead atoms. The molecule has 0 amide bonds. The topological polar surface area (TPSA) is 118 Å². The Hall–Kier alpha value is -3.46. The van der Waals surface area contributed by atoms with Gasteiger partial charge in [0.15, 0.2) is 12.4 Å². The molecule has 3 aromatic rings. The van der Waals surface area contributed by atoms with Crippen molar-refractivity contribution in [1.29, 1.82) is 0 Å². The molecular formula is C17H12ClN3O6. The van der Waals surface area contributed by atoms with Crippen molar-refractivity contribution in [2.24, 2.45) is 0 Å². The standard InChI is InChI=1S/C17H12ClN3O6/c1-25-17(22)11-5-6-13(21(23)24)14(8-11)26-9-15-19-16(20-27-15)10-3-2-4-12(18)7-10/h2-8H,9H2,1H3. The second kappa shape index (κ2) is 7.83. The summed E-state index contributed by atoms with van der Waals surface area (Å²) in [6.45, 7) is -0.223. The smallest absolute Gasteiger partial charge is 0.337 e. The van der Waals surface area contributed by atoms with Gasteiger partial charge in [0, 0.05) is 22.7 Å². The van der Waals surface area contributed by atoms with Crippen LogP contribution >= 0.6 is 11.6 Å². The summed E-state index contributed by atoms with van der Waals surface area (Å²) in [5.74, 6) is -0.363. The Balaban J connectivity index is 1.80. The molecule has 0 spiro atoms. The number of rotatable bonds is 6. The lowest BCUT2D eigenvalue weighted by Gasteiger charge is -2.06. The van der Waals surface area contributed by atoms with Crippen LogP contribution in [0, 0.1) is 10.1 Å². The maximum absolute atomic E-state index is 11.6. The van der Waals surface area contributed by atoms with Crippen molar-refractivity contribution in [3.05, 3.63) is 69.1 Å². The summed E-state index contributed by atoms with van der Waals surface area (Å²) in [7, 11) is 1.21. The van der Waals surface area contributed by atoms with Crippen LogP contribution in [0.3, 0.4) is 0 Å². The fourth-order valence-corrected chi connectivity index (χ4v) is 2.41. The van der Waals surface area contributed by atoms with E-state index in [0.717, 1.165) is 6.07 Å². The summed E-state index contributed by atoms with van der Waals surface area (Å²) in [5, 5.41) is 15.5. The summed E-state index contributed by atoms with van der Waals surface area (Å²) in [6.07, 6.45) is 0. The fraction of sp³-hybridized carbons (Fsp3) is 0.118. The minimum atomic E-state index is -0.643. The van der Waals surface area contributed by atoms with Crippen molar-refractivity contribution < 1.29 is 23.7 Å². The average Bonchev–Trinajstić information content (AvgIpc) is 3.14. The van der Waals surface area contributed by atoms with E-state index in [1.165, 1.54) is 19.2 Å². The van der Waals surface area contributed by atoms with E-state index >= 15 is 0 Å². The molecule has 138 valence electrons. The van der Waals surface area contributed by atoms with E-state index in [2.05, 4.69) is 14.9 Å². The van der Waals surface area contributed by atoms with Gasteiger partial charge in [0.1, 0.15) is 0 Å². The average molecular weight is 390 g/mol. The second-order valence-electron chi connectivity index (χ2n) is 5.24. The Labute approximate surface area is 157 Å². The Morgan fingerprint density at radius 2 is 2.11 bits per heavy atom. The normalized spacial score (nSPS) is 10.4. The van der Waals surface area contributed by atoms with Gasteiger partial charge in [-0.25, -0.2) is 4.79 Å². The second-order valence-corrected chi connectivity index (χ2v) is 5.68. The van der Waals surface area contributed by atoms with Gasteiger partial charge in [-0.2, -0.15) is 4.98 Å². The molecule has 0 N–H and O–H groups in total. The Morgan fingerprint density at radius 3 is 2.81 bits per heavy atom. The molecule has 0 aliphatic heterocycles. The molecule has 10 heteroatoms. The molecular weight excluding hydrogens is 378 g/mol. The molecule has 0 aliphatic rings. The van der Waals surface area contributed by atoms with Gasteiger partial charge in [-0.1, -0.05) is 28.9 Å².